The number of nitriles is 1. The molecule has 0 spiro atoms. The average Bonchev–Trinajstić information content (AvgIpc) is 2.37. The lowest BCUT2D eigenvalue weighted by Crippen LogP contribution is -2.04. The maximum atomic E-state index is 8.89. The predicted octanol–water partition coefficient (Wildman–Crippen LogP) is 4.10. The van der Waals surface area contributed by atoms with Crippen LogP contribution in [0, 0.1) is 32.1 Å². The van der Waals surface area contributed by atoms with Crippen LogP contribution in [0.4, 0.5) is 5.69 Å². The van der Waals surface area contributed by atoms with E-state index >= 15 is 0 Å². The second kappa shape index (κ2) is 5.58. The van der Waals surface area contributed by atoms with Gasteiger partial charge < -0.3 is 5.32 Å². The molecule has 0 aliphatic heterocycles. The number of nitrogens with zero attached hydrogens (tertiary/aromatic N) is 1. The van der Waals surface area contributed by atoms with E-state index in [4.69, 9.17) is 5.26 Å². The molecule has 2 rings (SSSR count). The molecule has 0 atom stereocenters. The summed E-state index contributed by atoms with van der Waals surface area (Å²) in [6, 6.07) is 14.1. The summed E-state index contributed by atoms with van der Waals surface area (Å²) in [6.07, 6.45) is 0. The number of anilines is 1. The fourth-order valence-electron chi connectivity index (χ4n) is 2.38. The van der Waals surface area contributed by atoms with Crippen molar-refractivity contribution in [1.82, 2.24) is 0 Å². The van der Waals surface area contributed by atoms with Crippen molar-refractivity contribution in [2.75, 3.05) is 5.32 Å². The molecule has 96 valence electrons. The molecule has 0 radical (unpaired) electrons. The van der Waals surface area contributed by atoms with Crippen LogP contribution >= 0.6 is 0 Å². The van der Waals surface area contributed by atoms with E-state index < -0.39 is 0 Å². The normalized spacial score (nSPS) is 10.0. The molecule has 0 amide bonds. The van der Waals surface area contributed by atoms with Gasteiger partial charge >= 0.3 is 0 Å². The SMILES string of the molecule is Cc1cc(C)c(CNc2cccc(C#N)c2)c(C)c1. The Morgan fingerprint density at radius 2 is 1.74 bits per heavy atom. The summed E-state index contributed by atoms with van der Waals surface area (Å²) in [6.45, 7) is 7.19. The third-order valence-electron chi connectivity index (χ3n) is 3.30. The Bertz CT molecular complexity index is 613. The molecule has 0 saturated carbocycles. The van der Waals surface area contributed by atoms with Gasteiger partial charge in [-0.3, -0.25) is 0 Å². The van der Waals surface area contributed by atoms with Crippen molar-refractivity contribution in [2.45, 2.75) is 27.3 Å². The first kappa shape index (κ1) is 13.2. The van der Waals surface area contributed by atoms with E-state index in [1.807, 2.05) is 24.3 Å². The highest BCUT2D eigenvalue weighted by molar-refractivity contribution is 5.50. The second-order valence-corrected chi connectivity index (χ2v) is 4.92. The number of aryl methyl sites for hydroxylation is 3. The minimum Gasteiger partial charge on any atom is -0.381 e. The minimum atomic E-state index is 0.683. The lowest BCUT2D eigenvalue weighted by atomic mass is 10.00. The van der Waals surface area contributed by atoms with Gasteiger partial charge in [-0.2, -0.15) is 5.26 Å². The Balaban J connectivity index is 2.17. The third kappa shape index (κ3) is 3.14. The van der Waals surface area contributed by atoms with Crippen molar-refractivity contribution in [2.24, 2.45) is 0 Å². The Morgan fingerprint density at radius 3 is 2.37 bits per heavy atom. The van der Waals surface area contributed by atoms with Crippen molar-refractivity contribution in [3.8, 4) is 6.07 Å². The van der Waals surface area contributed by atoms with E-state index in [9.17, 15) is 0 Å². The van der Waals surface area contributed by atoms with Gasteiger partial charge in [-0.05, 0) is 55.7 Å². The standard InChI is InChI=1S/C17H18N2/c1-12-7-13(2)17(14(3)8-12)11-19-16-6-4-5-15(9-16)10-18/h4-9,19H,11H2,1-3H3. The van der Waals surface area contributed by atoms with Crippen LogP contribution < -0.4 is 5.32 Å². The molecular formula is C17H18N2. The van der Waals surface area contributed by atoms with Crippen LogP contribution in [0.2, 0.25) is 0 Å². The van der Waals surface area contributed by atoms with E-state index in [1.54, 1.807) is 0 Å². The van der Waals surface area contributed by atoms with Gasteiger partial charge in [0.25, 0.3) is 0 Å². The molecule has 0 aliphatic rings. The zero-order valence-electron chi connectivity index (χ0n) is 11.6. The number of rotatable bonds is 3. The Labute approximate surface area is 114 Å². The van der Waals surface area contributed by atoms with Gasteiger partial charge in [0.05, 0.1) is 11.6 Å². The maximum absolute atomic E-state index is 8.89. The van der Waals surface area contributed by atoms with Crippen LogP contribution in [0.25, 0.3) is 0 Å². The first-order chi connectivity index (χ1) is 9.10. The zero-order chi connectivity index (χ0) is 13.8. The van der Waals surface area contributed by atoms with Gasteiger partial charge in [0.2, 0.25) is 0 Å². The molecule has 0 unspecified atom stereocenters. The number of hydrogen-bond donors (Lipinski definition) is 1. The summed E-state index contributed by atoms with van der Waals surface area (Å²) in [4.78, 5) is 0. The van der Waals surface area contributed by atoms with Crippen LogP contribution in [0.15, 0.2) is 36.4 Å². The summed E-state index contributed by atoms with van der Waals surface area (Å²) in [5.74, 6) is 0. The molecule has 1 N–H and O–H groups in total. The predicted molar refractivity (Wildman–Crippen MR) is 79.1 cm³/mol. The van der Waals surface area contributed by atoms with Gasteiger partial charge in [-0.1, -0.05) is 23.8 Å². The first-order valence-electron chi connectivity index (χ1n) is 6.41. The summed E-state index contributed by atoms with van der Waals surface area (Å²) < 4.78 is 0. The largest absolute Gasteiger partial charge is 0.381 e. The highest BCUT2D eigenvalue weighted by Gasteiger charge is 2.04. The third-order valence-corrected chi connectivity index (χ3v) is 3.30. The molecule has 0 aliphatic carbocycles. The summed E-state index contributed by atoms with van der Waals surface area (Å²) in [7, 11) is 0. The van der Waals surface area contributed by atoms with Crippen molar-refractivity contribution >= 4 is 5.69 Å². The summed E-state index contributed by atoms with van der Waals surface area (Å²) in [5.41, 5.74) is 6.90. The van der Waals surface area contributed by atoms with E-state index in [0.717, 1.165) is 12.2 Å². The van der Waals surface area contributed by atoms with Crippen LogP contribution in [-0.4, -0.2) is 0 Å². The van der Waals surface area contributed by atoms with Crippen molar-refractivity contribution in [3.05, 3.63) is 64.2 Å². The van der Waals surface area contributed by atoms with Crippen LogP contribution in [0.3, 0.4) is 0 Å². The number of nitrogens with one attached hydrogen (secondary N) is 1. The van der Waals surface area contributed by atoms with Gasteiger partial charge in [-0.15, -0.1) is 0 Å². The number of hydrogen-bond acceptors (Lipinski definition) is 2. The lowest BCUT2D eigenvalue weighted by molar-refractivity contribution is 1.08. The second-order valence-electron chi connectivity index (χ2n) is 4.92. The van der Waals surface area contributed by atoms with E-state index in [1.165, 1.54) is 22.3 Å². The minimum absolute atomic E-state index is 0.683. The average molecular weight is 250 g/mol. The number of benzene rings is 2. The molecule has 2 nitrogen and oxygen atoms in total. The molecular weight excluding hydrogens is 232 g/mol. The molecule has 2 aromatic rings. The van der Waals surface area contributed by atoms with Crippen molar-refractivity contribution < 1.29 is 0 Å². The van der Waals surface area contributed by atoms with Crippen LogP contribution in [0.5, 0.6) is 0 Å². The first-order valence-corrected chi connectivity index (χ1v) is 6.41. The monoisotopic (exact) mass is 250 g/mol. The molecule has 2 heteroatoms. The maximum Gasteiger partial charge on any atom is 0.0992 e. The summed E-state index contributed by atoms with van der Waals surface area (Å²) in [5, 5.41) is 12.3. The quantitative estimate of drug-likeness (QED) is 0.890. The van der Waals surface area contributed by atoms with E-state index in [2.05, 4.69) is 44.3 Å². The van der Waals surface area contributed by atoms with E-state index in [-0.39, 0.29) is 0 Å². The van der Waals surface area contributed by atoms with Gasteiger partial charge in [0, 0.05) is 12.2 Å². The Morgan fingerprint density at radius 1 is 1.05 bits per heavy atom. The smallest absolute Gasteiger partial charge is 0.0992 e. The topological polar surface area (TPSA) is 35.8 Å². The van der Waals surface area contributed by atoms with Gasteiger partial charge in [-0.25, -0.2) is 0 Å². The molecule has 0 fully saturated rings. The van der Waals surface area contributed by atoms with Gasteiger partial charge in [0.15, 0.2) is 0 Å². The Kier molecular flexibility index (Phi) is 3.87. The van der Waals surface area contributed by atoms with Crippen molar-refractivity contribution in [3.63, 3.8) is 0 Å². The fourth-order valence-corrected chi connectivity index (χ4v) is 2.38. The highest BCUT2D eigenvalue weighted by atomic mass is 14.9. The molecule has 0 aromatic heterocycles. The van der Waals surface area contributed by atoms with Crippen LogP contribution in [-0.2, 0) is 6.54 Å². The fraction of sp³-hybridized carbons (Fsp3) is 0.235. The molecule has 0 heterocycles. The van der Waals surface area contributed by atoms with Gasteiger partial charge in [0.1, 0.15) is 0 Å². The van der Waals surface area contributed by atoms with Crippen molar-refractivity contribution in [1.29, 1.82) is 5.26 Å². The summed E-state index contributed by atoms with van der Waals surface area (Å²) >= 11 is 0. The molecule has 19 heavy (non-hydrogen) atoms. The molecule has 0 saturated heterocycles. The Hall–Kier alpha value is -2.27. The lowest BCUT2D eigenvalue weighted by Gasteiger charge is -2.13. The van der Waals surface area contributed by atoms with Crippen LogP contribution in [0.1, 0.15) is 27.8 Å². The molecule has 2 aromatic carbocycles. The molecule has 0 bridgehead atoms. The zero-order valence-corrected chi connectivity index (χ0v) is 11.6. The van der Waals surface area contributed by atoms with E-state index in [0.29, 0.717) is 5.56 Å². The highest BCUT2D eigenvalue weighted by Crippen LogP contribution is 2.18.